The Balaban J connectivity index is 2.03. The molecule has 0 aromatic carbocycles. The predicted molar refractivity (Wildman–Crippen MR) is 87.8 cm³/mol. The zero-order chi connectivity index (χ0) is 16.2. The van der Waals surface area contributed by atoms with E-state index in [0.717, 1.165) is 11.6 Å². The summed E-state index contributed by atoms with van der Waals surface area (Å²) in [5.41, 5.74) is -0.473. The Bertz CT molecular complexity index is 516. The van der Waals surface area contributed by atoms with Gasteiger partial charge in [0, 0.05) is 30.7 Å². The minimum Gasteiger partial charge on any atom is -0.444 e. The van der Waals surface area contributed by atoms with Crippen LogP contribution in [0.2, 0.25) is 0 Å². The number of amides is 1. The number of rotatable bonds is 4. The second-order valence-corrected chi connectivity index (χ2v) is 7.56. The molecular formula is C16H23N3O2S. The van der Waals surface area contributed by atoms with E-state index in [-0.39, 0.29) is 11.3 Å². The van der Waals surface area contributed by atoms with Crippen molar-refractivity contribution in [3.63, 3.8) is 0 Å². The number of ether oxygens (including phenoxy) is 1. The van der Waals surface area contributed by atoms with E-state index in [0.29, 0.717) is 19.0 Å². The largest absolute Gasteiger partial charge is 0.444 e. The Hall–Kier alpha value is -1.56. The van der Waals surface area contributed by atoms with Crippen molar-refractivity contribution in [3.05, 3.63) is 31.1 Å². The third-order valence-corrected chi connectivity index (χ3v) is 4.56. The number of likely N-dealkylation sites (tertiary alicyclic amines) is 1. The summed E-state index contributed by atoms with van der Waals surface area (Å²) in [6.07, 6.45) is 5.99. The summed E-state index contributed by atoms with van der Waals surface area (Å²) in [6, 6.07) is 1.80. The molecule has 0 bridgehead atoms. The van der Waals surface area contributed by atoms with Crippen LogP contribution in [0.5, 0.6) is 0 Å². The van der Waals surface area contributed by atoms with E-state index < -0.39 is 5.60 Å². The maximum Gasteiger partial charge on any atom is 0.410 e. The molecule has 0 N–H and O–H groups in total. The SMILES string of the molecule is C=CC[C@@H]1CN(C(=O)OC(C)(C)C)C[C@@H]1Sc1ncccn1. The van der Waals surface area contributed by atoms with Gasteiger partial charge in [0.05, 0.1) is 0 Å². The quantitative estimate of drug-likeness (QED) is 0.628. The summed E-state index contributed by atoms with van der Waals surface area (Å²) in [4.78, 5) is 22.5. The Morgan fingerprint density at radius 1 is 1.45 bits per heavy atom. The van der Waals surface area contributed by atoms with Gasteiger partial charge in [-0.05, 0) is 39.2 Å². The standard InChI is InChI=1S/C16H23N3O2S/c1-5-7-12-10-19(15(20)21-16(2,3)4)11-13(12)22-14-17-8-6-9-18-14/h5-6,8-9,12-13H,1,7,10-11H2,2-4H3/t12-,13+/m1/s1. The Labute approximate surface area is 136 Å². The molecule has 0 aliphatic carbocycles. The van der Waals surface area contributed by atoms with Crippen LogP contribution in [0.25, 0.3) is 0 Å². The molecule has 1 fully saturated rings. The van der Waals surface area contributed by atoms with E-state index in [4.69, 9.17) is 4.74 Å². The number of carbonyl (C=O) groups is 1. The number of allylic oxidation sites excluding steroid dienone is 1. The van der Waals surface area contributed by atoms with Crippen molar-refractivity contribution in [2.45, 2.75) is 43.2 Å². The molecule has 6 heteroatoms. The molecule has 22 heavy (non-hydrogen) atoms. The van der Waals surface area contributed by atoms with Crippen molar-refractivity contribution in [1.29, 1.82) is 0 Å². The van der Waals surface area contributed by atoms with E-state index in [1.165, 1.54) is 0 Å². The molecule has 120 valence electrons. The molecule has 0 spiro atoms. The lowest BCUT2D eigenvalue weighted by Crippen LogP contribution is -2.35. The molecule has 1 aromatic heterocycles. The lowest BCUT2D eigenvalue weighted by Gasteiger charge is -2.24. The first-order chi connectivity index (χ1) is 10.4. The maximum atomic E-state index is 12.2. The zero-order valence-corrected chi connectivity index (χ0v) is 14.2. The minimum absolute atomic E-state index is 0.251. The molecule has 1 saturated heterocycles. The number of hydrogen-bond donors (Lipinski definition) is 0. The van der Waals surface area contributed by atoms with Crippen LogP contribution >= 0.6 is 11.8 Å². The molecule has 0 radical (unpaired) electrons. The number of aromatic nitrogens is 2. The van der Waals surface area contributed by atoms with Crippen molar-refractivity contribution in [2.75, 3.05) is 13.1 Å². The van der Waals surface area contributed by atoms with Crippen LogP contribution in [0.1, 0.15) is 27.2 Å². The molecule has 1 amide bonds. The Morgan fingerprint density at radius 2 is 2.14 bits per heavy atom. The number of hydrogen-bond acceptors (Lipinski definition) is 5. The van der Waals surface area contributed by atoms with E-state index in [2.05, 4.69) is 16.5 Å². The average molecular weight is 321 g/mol. The Kier molecular flexibility index (Phi) is 5.45. The molecule has 1 aliphatic heterocycles. The fourth-order valence-electron chi connectivity index (χ4n) is 2.37. The monoisotopic (exact) mass is 321 g/mol. The van der Waals surface area contributed by atoms with Crippen LogP contribution in [-0.4, -0.2) is 44.9 Å². The van der Waals surface area contributed by atoms with Gasteiger partial charge in [0.1, 0.15) is 5.60 Å². The minimum atomic E-state index is -0.473. The van der Waals surface area contributed by atoms with Crippen molar-refractivity contribution in [3.8, 4) is 0 Å². The van der Waals surface area contributed by atoms with Crippen LogP contribution in [0, 0.1) is 5.92 Å². The Morgan fingerprint density at radius 3 is 2.73 bits per heavy atom. The molecule has 1 aliphatic rings. The smallest absolute Gasteiger partial charge is 0.410 e. The first-order valence-electron chi connectivity index (χ1n) is 7.41. The van der Waals surface area contributed by atoms with Gasteiger partial charge < -0.3 is 9.64 Å². The van der Waals surface area contributed by atoms with Gasteiger partial charge in [0.2, 0.25) is 0 Å². The lowest BCUT2D eigenvalue weighted by atomic mass is 10.1. The first-order valence-corrected chi connectivity index (χ1v) is 8.29. The van der Waals surface area contributed by atoms with E-state index in [1.807, 2.05) is 26.8 Å². The van der Waals surface area contributed by atoms with Crippen molar-refractivity contribution in [1.82, 2.24) is 14.9 Å². The second kappa shape index (κ2) is 7.13. The first kappa shape index (κ1) is 16.8. The van der Waals surface area contributed by atoms with Gasteiger partial charge in [-0.25, -0.2) is 14.8 Å². The van der Waals surface area contributed by atoms with Gasteiger partial charge in [-0.15, -0.1) is 6.58 Å². The van der Waals surface area contributed by atoms with Crippen LogP contribution in [-0.2, 0) is 4.74 Å². The van der Waals surface area contributed by atoms with Crippen LogP contribution in [0.4, 0.5) is 4.79 Å². The van der Waals surface area contributed by atoms with Gasteiger partial charge in [-0.2, -0.15) is 0 Å². The van der Waals surface area contributed by atoms with Crippen molar-refractivity contribution >= 4 is 17.9 Å². The van der Waals surface area contributed by atoms with Gasteiger partial charge in [-0.1, -0.05) is 17.8 Å². The highest BCUT2D eigenvalue weighted by molar-refractivity contribution is 7.99. The molecule has 1 aromatic rings. The lowest BCUT2D eigenvalue weighted by molar-refractivity contribution is 0.0289. The predicted octanol–water partition coefficient (Wildman–Crippen LogP) is 3.38. The van der Waals surface area contributed by atoms with Crippen LogP contribution in [0.15, 0.2) is 36.3 Å². The molecule has 0 saturated carbocycles. The fraction of sp³-hybridized carbons (Fsp3) is 0.562. The highest BCUT2D eigenvalue weighted by Crippen LogP contribution is 2.34. The molecule has 0 unspecified atom stereocenters. The summed E-state index contributed by atoms with van der Waals surface area (Å²) >= 11 is 1.62. The van der Waals surface area contributed by atoms with Crippen LogP contribution in [0.3, 0.4) is 0 Å². The summed E-state index contributed by atoms with van der Waals surface area (Å²) in [5.74, 6) is 0.346. The second-order valence-electron chi connectivity index (χ2n) is 6.36. The molecule has 2 rings (SSSR count). The summed E-state index contributed by atoms with van der Waals surface area (Å²) in [5, 5.41) is 1.00. The van der Waals surface area contributed by atoms with E-state index in [9.17, 15) is 4.79 Å². The highest BCUT2D eigenvalue weighted by Gasteiger charge is 2.37. The molecule has 2 atom stereocenters. The van der Waals surface area contributed by atoms with Gasteiger partial charge in [0.15, 0.2) is 5.16 Å². The summed E-state index contributed by atoms with van der Waals surface area (Å²) in [7, 11) is 0. The number of carbonyl (C=O) groups excluding carboxylic acids is 1. The van der Waals surface area contributed by atoms with Gasteiger partial charge >= 0.3 is 6.09 Å². The maximum absolute atomic E-state index is 12.2. The summed E-state index contributed by atoms with van der Waals surface area (Å²) in [6.45, 7) is 10.8. The summed E-state index contributed by atoms with van der Waals surface area (Å²) < 4.78 is 5.47. The normalized spacial score (nSPS) is 21.7. The van der Waals surface area contributed by atoms with E-state index >= 15 is 0 Å². The van der Waals surface area contributed by atoms with Gasteiger partial charge in [-0.3, -0.25) is 0 Å². The van der Waals surface area contributed by atoms with Gasteiger partial charge in [0.25, 0.3) is 0 Å². The fourth-order valence-corrected chi connectivity index (χ4v) is 3.53. The van der Waals surface area contributed by atoms with Crippen molar-refractivity contribution in [2.24, 2.45) is 5.92 Å². The molecule has 5 nitrogen and oxygen atoms in total. The number of thioether (sulfide) groups is 1. The third-order valence-electron chi connectivity index (χ3n) is 3.30. The van der Waals surface area contributed by atoms with Crippen LogP contribution < -0.4 is 0 Å². The highest BCUT2D eigenvalue weighted by atomic mass is 32.2. The molecular weight excluding hydrogens is 298 g/mol. The number of nitrogens with zero attached hydrogens (tertiary/aromatic N) is 3. The topological polar surface area (TPSA) is 55.3 Å². The van der Waals surface area contributed by atoms with Crippen molar-refractivity contribution < 1.29 is 9.53 Å². The molecule has 2 heterocycles. The third kappa shape index (κ3) is 4.73. The average Bonchev–Trinajstić information content (AvgIpc) is 2.82. The van der Waals surface area contributed by atoms with E-state index in [1.54, 1.807) is 35.1 Å². The zero-order valence-electron chi connectivity index (χ0n) is 13.4.